The van der Waals surface area contributed by atoms with Gasteiger partial charge in [0.1, 0.15) is 0 Å². The first-order valence-electron chi connectivity index (χ1n) is 10.9. The predicted octanol–water partition coefficient (Wildman–Crippen LogP) is 3.12. The molecule has 9 heteroatoms. The molecule has 0 spiro atoms. The fourth-order valence-electron chi connectivity index (χ4n) is 4.07. The van der Waals surface area contributed by atoms with E-state index in [9.17, 15) is 18.0 Å². The first-order valence-corrected chi connectivity index (χ1v) is 12.5. The Bertz CT molecular complexity index is 1230. The van der Waals surface area contributed by atoms with Gasteiger partial charge in [-0.25, -0.2) is 8.42 Å². The highest BCUT2D eigenvalue weighted by atomic mass is 32.2. The molecule has 1 amide bonds. The Morgan fingerprint density at radius 1 is 1.18 bits per heavy atom. The molecule has 0 radical (unpaired) electrons. The number of carbonyl (C=O) groups excluding carboxylic acids is 2. The van der Waals surface area contributed by atoms with Crippen LogP contribution >= 0.6 is 0 Å². The summed E-state index contributed by atoms with van der Waals surface area (Å²) in [6, 6.07) is 13.5. The van der Waals surface area contributed by atoms with Crippen molar-refractivity contribution in [1.82, 2.24) is 0 Å². The quantitative estimate of drug-likeness (QED) is 0.596. The van der Waals surface area contributed by atoms with Crippen molar-refractivity contribution >= 4 is 33.3 Å². The Kier molecular flexibility index (Phi) is 6.13. The smallest absolute Gasteiger partial charge is 0.313 e. The normalized spacial score (nSPS) is 16.5. The van der Waals surface area contributed by atoms with Gasteiger partial charge < -0.3 is 9.64 Å². The van der Waals surface area contributed by atoms with Gasteiger partial charge in [-0.3, -0.25) is 14.3 Å². The van der Waals surface area contributed by atoms with Gasteiger partial charge in [-0.2, -0.15) is 5.26 Å². The maximum Gasteiger partial charge on any atom is 0.313 e. The summed E-state index contributed by atoms with van der Waals surface area (Å²) in [6.45, 7) is 2.35. The van der Waals surface area contributed by atoms with E-state index in [1.807, 2.05) is 6.07 Å². The van der Waals surface area contributed by atoms with Crippen LogP contribution in [0.4, 0.5) is 11.4 Å². The van der Waals surface area contributed by atoms with Gasteiger partial charge in [-0.15, -0.1) is 0 Å². The highest BCUT2D eigenvalue weighted by Gasteiger charge is 2.53. The largest absolute Gasteiger partial charge is 0.466 e. The van der Waals surface area contributed by atoms with Crippen molar-refractivity contribution in [3.05, 3.63) is 59.2 Å². The minimum Gasteiger partial charge on any atom is -0.466 e. The summed E-state index contributed by atoms with van der Waals surface area (Å²) in [5, 5.41) is 8.88. The SMILES string of the molecule is CCOC(=O)C1(CN2C(=O)CCc3cc(NS(=O)(=O)Cc4ccc(C#N)cc4)ccc32)CC1. The maximum atomic E-state index is 12.6. The van der Waals surface area contributed by atoms with Gasteiger partial charge in [0, 0.05) is 24.3 Å². The standard InChI is InChI=1S/C24H25N3O5S/c1-2-32-23(29)24(11-12-24)16-27-21-9-8-20(13-19(21)7-10-22(27)28)26-33(30,31)15-18-5-3-17(14-25)4-6-18/h3-6,8-9,13,26H,2,7,10-12,15-16H2,1H3. The number of benzene rings is 2. The Labute approximate surface area is 193 Å². The predicted molar refractivity (Wildman–Crippen MR) is 123 cm³/mol. The second-order valence-electron chi connectivity index (χ2n) is 8.49. The highest BCUT2D eigenvalue weighted by molar-refractivity contribution is 7.91. The lowest BCUT2D eigenvalue weighted by atomic mass is 9.98. The number of carbonyl (C=O) groups is 2. The lowest BCUT2D eigenvalue weighted by Crippen LogP contribution is -2.42. The summed E-state index contributed by atoms with van der Waals surface area (Å²) >= 11 is 0. The first kappa shape index (κ1) is 22.8. The van der Waals surface area contributed by atoms with E-state index in [0.29, 0.717) is 54.8 Å². The van der Waals surface area contributed by atoms with E-state index >= 15 is 0 Å². The molecule has 172 valence electrons. The van der Waals surface area contributed by atoms with Gasteiger partial charge in [-0.1, -0.05) is 12.1 Å². The average Bonchev–Trinajstić information content (AvgIpc) is 3.57. The lowest BCUT2D eigenvalue weighted by Gasteiger charge is -2.32. The second kappa shape index (κ2) is 8.87. The van der Waals surface area contributed by atoms with E-state index in [2.05, 4.69) is 4.72 Å². The van der Waals surface area contributed by atoms with Crippen LogP contribution in [0.1, 0.15) is 42.9 Å². The molecule has 0 atom stereocenters. The minimum absolute atomic E-state index is 0.0489. The Morgan fingerprint density at radius 3 is 2.55 bits per heavy atom. The fraction of sp³-hybridized carbons (Fsp3) is 0.375. The molecule has 2 aromatic carbocycles. The molecule has 0 unspecified atom stereocenters. The van der Waals surface area contributed by atoms with E-state index in [0.717, 1.165) is 5.56 Å². The van der Waals surface area contributed by atoms with Gasteiger partial charge in [0.25, 0.3) is 0 Å². The van der Waals surface area contributed by atoms with E-state index < -0.39 is 15.4 Å². The topological polar surface area (TPSA) is 117 Å². The molecule has 1 saturated carbocycles. The fourth-order valence-corrected chi connectivity index (χ4v) is 5.26. The third kappa shape index (κ3) is 5.01. The average molecular weight is 468 g/mol. The summed E-state index contributed by atoms with van der Waals surface area (Å²) in [7, 11) is -3.67. The molecule has 8 nitrogen and oxygen atoms in total. The molecule has 0 aromatic heterocycles. The van der Waals surface area contributed by atoms with Gasteiger partial charge in [-0.05, 0) is 67.6 Å². The minimum atomic E-state index is -3.67. The summed E-state index contributed by atoms with van der Waals surface area (Å²) in [6.07, 6.45) is 2.19. The number of nitrogens with zero attached hydrogens (tertiary/aromatic N) is 2. The van der Waals surface area contributed by atoms with Gasteiger partial charge in [0.15, 0.2) is 0 Å². The molecule has 0 saturated heterocycles. The maximum absolute atomic E-state index is 12.6. The van der Waals surface area contributed by atoms with Crippen molar-refractivity contribution < 1.29 is 22.7 Å². The highest BCUT2D eigenvalue weighted by Crippen LogP contribution is 2.49. The van der Waals surface area contributed by atoms with Crippen molar-refractivity contribution in [2.24, 2.45) is 5.41 Å². The third-order valence-corrected chi connectivity index (χ3v) is 7.28. The Balaban J connectivity index is 1.50. The van der Waals surface area contributed by atoms with Crippen LogP contribution in [0.15, 0.2) is 42.5 Å². The number of amides is 1. The van der Waals surface area contributed by atoms with Crippen LogP contribution in [-0.4, -0.2) is 33.4 Å². The number of sulfonamides is 1. The number of nitriles is 1. The molecule has 1 heterocycles. The van der Waals surface area contributed by atoms with E-state index in [1.165, 1.54) is 0 Å². The molecule has 4 rings (SSSR count). The van der Waals surface area contributed by atoms with E-state index in [-0.39, 0.29) is 24.2 Å². The van der Waals surface area contributed by atoms with Crippen molar-refractivity contribution in [2.45, 2.75) is 38.4 Å². The van der Waals surface area contributed by atoms with Crippen molar-refractivity contribution in [3.63, 3.8) is 0 Å². The molecular weight excluding hydrogens is 442 g/mol. The molecule has 1 fully saturated rings. The summed E-state index contributed by atoms with van der Waals surface area (Å²) in [5.41, 5.74) is 2.38. The number of esters is 1. The Morgan fingerprint density at radius 2 is 1.91 bits per heavy atom. The summed E-state index contributed by atoms with van der Waals surface area (Å²) < 4.78 is 33.1. The van der Waals surface area contributed by atoms with Crippen LogP contribution in [0.2, 0.25) is 0 Å². The van der Waals surface area contributed by atoms with Crippen molar-refractivity contribution in [3.8, 4) is 6.07 Å². The number of rotatable bonds is 8. The number of fused-ring (bicyclic) bond motifs is 1. The van der Waals surface area contributed by atoms with Crippen LogP contribution in [0.5, 0.6) is 0 Å². The van der Waals surface area contributed by atoms with Gasteiger partial charge >= 0.3 is 5.97 Å². The van der Waals surface area contributed by atoms with Gasteiger partial charge in [0.2, 0.25) is 15.9 Å². The lowest BCUT2D eigenvalue weighted by molar-refractivity contribution is -0.149. The van der Waals surface area contributed by atoms with E-state index in [1.54, 1.807) is 54.3 Å². The first-order chi connectivity index (χ1) is 15.7. The zero-order valence-electron chi connectivity index (χ0n) is 18.3. The molecular formula is C24H25N3O5S. The number of aryl methyl sites for hydroxylation is 1. The molecule has 0 bridgehead atoms. The molecule has 2 aliphatic rings. The monoisotopic (exact) mass is 467 g/mol. The molecule has 1 aliphatic heterocycles. The van der Waals surface area contributed by atoms with Crippen molar-refractivity contribution in [2.75, 3.05) is 22.8 Å². The van der Waals surface area contributed by atoms with Crippen LogP contribution in [-0.2, 0) is 36.5 Å². The van der Waals surface area contributed by atoms with Crippen LogP contribution in [0.3, 0.4) is 0 Å². The summed E-state index contributed by atoms with van der Waals surface area (Å²) in [4.78, 5) is 26.6. The van der Waals surface area contributed by atoms with Crippen LogP contribution in [0.25, 0.3) is 0 Å². The van der Waals surface area contributed by atoms with Gasteiger partial charge in [0.05, 0.1) is 29.4 Å². The number of hydrogen-bond acceptors (Lipinski definition) is 6. The number of anilines is 2. The number of hydrogen-bond donors (Lipinski definition) is 1. The van der Waals surface area contributed by atoms with Crippen LogP contribution < -0.4 is 9.62 Å². The molecule has 33 heavy (non-hydrogen) atoms. The van der Waals surface area contributed by atoms with E-state index in [4.69, 9.17) is 10.00 Å². The Hall–Kier alpha value is -3.38. The second-order valence-corrected chi connectivity index (χ2v) is 10.2. The van der Waals surface area contributed by atoms with Crippen molar-refractivity contribution in [1.29, 1.82) is 5.26 Å². The molecule has 2 aromatic rings. The molecule has 1 N–H and O–H groups in total. The molecule has 1 aliphatic carbocycles. The third-order valence-electron chi connectivity index (χ3n) is 6.02. The number of ether oxygens (including phenoxy) is 1. The summed E-state index contributed by atoms with van der Waals surface area (Å²) in [5.74, 6) is -0.535. The zero-order valence-corrected chi connectivity index (χ0v) is 19.2. The zero-order chi connectivity index (χ0) is 23.6. The number of nitrogens with one attached hydrogen (secondary N) is 1. The van der Waals surface area contributed by atoms with Crippen LogP contribution in [0, 0.1) is 16.7 Å².